The molecule has 7 heteroatoms. The van der Waals surface area contributed by atoms with Crippen molar-refractivity contribution in [3.05, 3.63) is 72.1 Å². The van der Waals surface area contributed by atoms with E-state index in [1.54, 1.807) is 48.5 Å². The van der Waals surface area contributed by atoms with Crippen molar-refractivity contribution in [1.29, 1.82) is 5.41 Å². The lowest BCUT2D eigenvalue weighted by atomic mass is 10.1. The molecule has 0 spiro atoms. The summed E-state index contributed by atoms with van der Waals surface area (Å²) in [5, 5.41) is 14.9. The van der Waals surface area contributed by atoms with Gasteiger partial charge >= 0.3 is 0 Å². The zero-order valence-corrected chi connectivity index (χ0v) is 14.3. The average Bonchev–Trinajstić information content (AvgIpc) is 3.09. The zero-order chi connectivity index (χ0) is 18.5. The molecule has 0 atom stereocenters. The molecule has 0 bridgehead atoms. The molecule has 2 aromatic carbocycles. The molecule has 0 aliphatic rings. The van der Waals surface area contributed by atoms with Crippen molar-refractivity contribution >= 4 is 23.0 Å². The number of anilines is 2. The molecule has 0 radical (unpaired) electrons. The summed E-state index contributed by atoms with van der Waals surface area (Å²) in [6.45, 7) is 0.558. The number of carbonyl (C=O) groups is 1. The highest BCUT2D eigenvalue weighted by Gasteiger charge is 2.15. The Morgan fingerprint density at radius 3 is 2.69 bits per heavy atom. The summed E-state index contributed by atoms with van der Waals surface area (Å²) in [6, 6.07) is 14.5. The fourth-order valence-electron chi connectivity index (χ4n) is 2.47. The summed E-state index contributed by atoms with van der Waals surface area (Å²) < 4.78 is 6.84. The summed E-state index contributed by atoms with van der Waals surface area (Å²) in [5.74, 6) is 0.257. The van der Waals surface area contributed by atoms with Crippen LogP contribution in [0.4, 0.5) is 11.4 Å². The number of nitrogens with one attached hydrogen (secondary N) is 2. The first kappa shape index (κ1) is 17.2. The molecule has 0 aliphatic heterocycles. The van der Waals surface area contributed by atoms with Crippen molar-refractivity contribution < 1.29 is 12.4 Å². The Morgan fingerprint density at radius 1 is 1.27 bits per heavy atom. The standard InChI is InChI=1S/C19H19N5O2.2H2/c1-26-15-8-6-13(7-9-15)11-24-12-14(10-22-24)23-19(25)18(21)16-4-2-3-5-17(16)20;;/h2-10,12,21H,11,20H2,1H3,(H,23,25);2*1H. The maximum Gasteiger partial charge on any atom is 0.274 e. The highest BCUT2D eigenvalue weighted by Crippen LogP contribution is 2.15. The third kappa shape index (κ3) is 3.89. The molecular formula is C19H23N5O2. The lowest BCUT2D eigenvalue weighted by molar-refractivity contribution is -0.110. The van der Waals surface area contributed by atoms with Crippen LogP contribution in [0.5, 0.6) is 5.75 Å². The molecule has 0 saturated carbocycles. The highest BCUT2D eigenvalue weighted by atomic mass is 16.5. The van der Waals surface area contributed by atoms with Crippen LogP contribution in [-0.4, -0.2) is 28.5 Å². The fourth-order valence-corrected chi connectivity index (χ4v) is 2.47. The van der Waals surface area contributed by atoms with E-state index in [9.17, 15) is 4.79 Å². The van der Waals surface area contributed by atoms with Crippen LogP contribution in [0, 0.1) is 5.41 Å². The van der Waals surface area contributed by atoms with Gasteiger partial charge < -0.3 is 15.8 Å². The maximum atomic E-state index is 12.3. The zero-order valence-electron chi connectivity index (χ0n) is 14.3. The van der Waals surface area contributed by atoms with Crippen LogP contribution < -0.4 is 15.8 Å². The number of ether oxygens (including phenoxy) is 1. The molecule has 0 unspecified atom stereocenters. The number of nitrogen functional groups attached to an aromatic ring is 1. The predicted molar refractivity (Wildman–Crippen MR) is 105 cm³/mol. The van der Waals surface area contributed by atoms with Gasteiger partial charge in [-0.15, -0.1) is 0 Å². The van der Waals surface area contributed by atoms with Crippen LogP contribution in [0.1, 0.15) is 14.0 Å². The van der Waals surface area contributed by atoms with Crippen molar-refractivity contribution in [1.82, 2.24) is 9.78 Å². The lowest BCUT2D eigenvalue weighted by Gasteiger charge is -2.07. The van der Waals surface area contributed by atoms with E-state index in [4.69, 9.17) is 15.9 Å². The minimum atomic E-state index is -0.535. The number of hydrogen-bond acceptors (Lipinski definition) is 5. The van der Waals surface area contributed by atoms with Gasteiger partial charge in [-0.1, -0.05) is 30.3 Å². The second kappa shape index (κ2) is 7.52. The average molecular weight is 353 g/mol. The van der Waals surface area contributed by atoms with Gasteiger partial charge in [-0.3, -0.25) is 14.9 Å². The van der Waals surface area contributed by atoms with E-state index in [2.05, 4.69) is 10.4 Å². The summed E-state index contributed by atoms with van der Waals surface area (Å²) in [7, 11) is 1.62. The molecule has 136 valence electrons. The number of nitrogens with zero attached hydrogens (tertiary/aromatic N) is 2. The Kier molecular flexibility index (Phi) is 4.98. The molecule has 7 nitrogen and oxygen atoms in total. The second-order valence-corrected chi connectivity index (χ2v) is 5.69. The van der Waals surface area contributed by atoms with Gasteiger partial charge in [-0.2, -0.15) is 5.10 Å². The molecule has 1 amide bonds. The highest BCUT2D eigenvalue weighted by molar-refractivity contribution is 6.48. The number of amides is 1. The molecule has 4 N–H and O–H groups in total. The van der Waals surface area contributed by atoms with E-state index in [-0.39, 0.29) is 8.56 Å². The summed E-state index contributed by atoms with van der Waals surface area (Å²) in [5.41, 5.74) is 7.99. The van der Waals surface area contributed by atoms with Crippen LogP contribution in [0.25, 0.3) is 0 Å². The quantitative estimate of drug-likeness (QED) is 0.468. The first-order valence-electron chi connectivity index (χ1n) is 7.97. The lowest BCUT2D eigenvalue weighted by Crippen LogP contribution is -2.23. The monoisotopic (exact) mass is 353 g/mol. The van der Waals surface area contributed by atoms with Crippen molar-refractivity contribution in [3.8, 4) is 5.75 Å². The third-order valence-corrected chi connectivity index (χ3v) is 3.85. The number of carbonyl (C=O) groups excluding carboxylic acids is 1. The van der Waals surface area contributed by atoms with E-state index in [0.29, 0.717) is 23.5 Å². The number of benzene rings is 2. The van der Waals surface area contributed by atoms with Crippen molar-refractivity contribution in [2.75, 3.05) is 18.2 Å². The van der Waals surface area contributed by atoms with E-state index in [1.807, 2.05) is 24.3 Å². The Labute approximate surface area is 153 Å². The van der Waals surface area contributed by atoms with E-state index in [1.165, 1.54) is 0 Å². The Hall–Kier alpha value is -3.61. The van der Waals surface area contributed by atoms with Crippen LogP contribution in [0.2, 0.25) is 0 Å². The molecular weight excluding hydrogens is 330 g/mol. The van der Waals surface area contributed by atoms with Gasteiger partial charge in [-0.25, -0.2) is 0 Å². The van der Waals surface area contributed by atoms with E-state index >= 15 is 0 Å². The smallest absolute Gasteiger partial charge is 0.274 e. The minimum Gasteiger partial charge on any atom is -0.497 e. The summed E-state index contributed by atoms with van der Waals surface area (Å²) in [4.78, 5) is 12.3. The van der Waals surface area contributed by atoms with Gasteiger partial charge in [0.05, 0.1) is 25.5 Å². The maximum absolute atomic E-state index is 12.3. The van der Waals surface area contributed by atoms with Gasteiger partial charge in [0.15, 0.2) is 0 Å². The first-order chi connectivity index (χ1) is 12.6. The summed E-state index contributed by atoms with van der Waals surface area (Å²) in [6.07, 6.45) is 3.26. The molecule has 1 aromatic heterocycles. The minimum absolute atomic E-state index is 0. The van der Waals surface area contributed by atoms with E-state index < -0.39 is 5.91 Å². The molecule has 0 aliphatic carbocycles. The number of methoxy groups -OCH3 is 1. The normalized spacial score (nSPS) is 10.3. The number of hydrogen-bond donors (Lipinski definition) is 3. The third-order valence-electron chi connectivity index (χ3n) is 3.85. The SMILES string of the molecule is COc1ccc(Cn2cc(NC(=O)C(=N)c3ccccc3N)cn2)cc1.[HH].[HH]. The van der Waals surface area contributed by atoms with Crippen LogP contribution in [0.3, 0.4) is 0 Å². The van der Waals surface area contributed by atoms with Gasteiger partial charge in [0.25, 0.3) is 5.91 Å². The van der Waals surface area contributed by atoms with Gasteiger partial charge in [0, 0.05) is 20.3 Å². The van der Waals surface area contributed by atoms with Gasteiger partial charge in [-0.05, 0) is 23.8 Å². The molecule has 1 heterocycles. The fraction of sp³-hybridized carbons (Fsp3) is 0.105. The molecule has 0 saturated heterocycles. The Bertz CT molecular complexity index is 942. The number of nitrogens with two attached hydrogens (primary N) is 1. The molecule has 0 fully saturated rings. The topological polar surface area (TPSA) is 106 Å². The molecule has 3 aromatic rings. The van der Waals surface area contributed by atoms with E-state index in [0.717, 1.165) is 11.3 Å². The van der Waals surface area contributed by atoms with Crippen molar-refractivity contribution in [2.45, 2.75) is 6.54 Å². The number of para-hydroxylation sites is 1. The summed E-state index contributed by atoms with van der Waals surface area (Å²) >= 11 is 0. The Morgan fingerprint density at radius 2 is 2.00 bits per heavy atom. The number of aromatic nitrogens is 2. The molecule has 3 rings (SSSR count). The second-order valence-electron chi connectivity index (χ2n) is 5.69. The largest absolute Gasteiger partial charge is 0.497 e. The van der Waals surface area contributed by atoms with Crippen molar-refractivity contribution in [2.24, 2.45) is 0 Å². The molecule has 26 heavy (non-hydrogen) atoms. The van der Waals surface area contributed by atoms with Crippen molar-refractivity contribution in [3.63, 3.8) is 0 Å². The first-order valence-corrected chi connectivity index (χ1v) is 7.97. The van der Waals surface area contributed by atoms with Gasteiger partial charge in [0.2, 0.25) is 0 Å². The van der Waals surface area contributed by atoms with Crippen LogP contribution in [-0.2, 0) is 11.3 Å². The van der Waals surface area contributed by atoms with Crippen LogP contribution in [0.15, 0.2) is 60.9 Å². The predicted octanol–water partition coefficient (Wildman–Crippen LogP) is 3.02. The van der Waals surface area contributed by atoms with Gasteiger partial charge in [0.1, 0.15) is 11.5 Å². The Balaban J connectivity index is 0.00000196. The van der Waals surface area contributed by atoms with Crippen LogP contribution >= 0.6 is 0 Å². The number of rotatable bonds is 6.